The largest absolute Gasteiger partial charge is 0.485 e. The highest BCUT2D eigenvalue weighted by Gasteiger charge is 2.42. The van der Waals surface area contributed by atoms with E-state index in [1.165, 1.54) is 6.92 Å². The van der Waals surface area contributed by atoms with Gasteiger partial charge in [0.15, 0.2) is 5.78 Å². The Morgan fingerprint density at radius 2 is 2.11 bits per heavy atom. The molecule has 0 amide bonds. The van der Waals surface area contributed by atoms with Gasteiger partial charge >= 0.3 is 0 Å². The second-order valence-corrected chi connectivity index (χ2v) is 5.23. The normalized spacial score (nSPS) is 25.2. The van der Waals surface area contributed by atoms with Crippen molar-refractivity contribution in [1.29, 1.82) is 0 Å². The molecule has 4 nitrogen and oxygen atoms in total. The molecule has 0 saturated heterocycles. The van der Waals surface area contributed by atoms with Gasteiger partial charge in [-0.1, -0.05) is 0 Å². The number of rotatable bonds is 2. The Kier molecular flexibility index (Phi) is 3.17. The van der Waals surface area contributed by atoms with Crippen LogP contribution in [0.1, 0.15) is 42.7 Å². The Morgan fingerprint density at radius 1 is 1.44 bits per heavy atom. The van der Waals surface area contributed by atoms with E-state index in [9.17, 15) is 9.90 Å². The third kappa shape index (κ3) is 2.02. The average Bonchev–Trinajstić information content (AvgIpc) is 2.30. The van der Waals surface area contributed by atoms with Gasteiger partial charge in [-0.2, -0.15) is 0 Å². The van der Waals surface area contributed by atoms with E-state index >= 15 is 0 Å². The number of nitrogens with one attached hydrogen (secondary N) is 1. The predicted molar refractivity (Wildman–Crippen MR) is 69.0 cm³/mol. The smallest absolute Gasteiger partial charge is 0.159 e. The highest BCUT2D eigenvalue weighted by molar-refractivity contribution is 5.94. The Labute approximate surface area is 107 Å². The van der Waals surface area contributed by atoms with Gasteiger partial charge < -0.3 is 15.2 Å². The molecule has 0 saturated carbocycles. The van der Waals surface area contributed by atoms with Crippen LogP contribution < -0.4 is 10.1 Å². The minimum atomic E-state index is -0.669. The minimum absolute atomic E-state index is 0.00646. The van der Waals surface area contributed by atoms with Gasteiger partial charge in [0.25, 0.3) is 0 Å². The molecule has 2 N–H and O–H groups in total. The lowest BCUT2D eigenvalue weighted by molar-refractivity contribution is -0.0631. The van der Waals surface area contributed by atoms with Crippen LogP contribution in [-0.4, -0.2) is 29.6 Å². The number of carbonyl (C=O) groups excluding carboxylic acids is 1. The van der Waals surface area contributed by atoms with Gasteiger partial charge in [-0.05, 0) is 46.0 Å². The second kappa shape index (κ2) is 4.37. The van der Waals surface area contributed by atoms with E-state index in [-0.39, 0.29) is 11.8 Å². The molecule has 0 spiro atoms. The van der Waals surface area contributed by atoms with E-state index < -0.39 is 11.7 Å². The van der Waals surface area contributed by atoms with Gasteiger partial charge in [0.05, 0.1) is 6.04 Å². The summed E-state index contributed by atoms with van der Waals surface area (Å²) < 4.78 is 5.80. The van der Waals surface area contributed by atoms with E-state index in [1.54, 1.807) is 25.2 Å². The van der Waals surface area contributed by atoms with E-state index in [2.05, 4.69) is 5.32 Å². The topological polar surface area (TPSA) is 58.6 Å². The highest BCUT2D eigenvalue weighted by atomic mass is 16.5. The molecule has 0 radical (unpaired) electrons. The van der Waals surface area contributed by atoms with Gasteiger partial charge in [0.2, 0.25) is 0 Å². The van der Waals surface area contributed by atoms with Crippen LogP contribution in [0.3, 0.4) is 0 Å². The Balaban J connectivity index is 2.53. The van der Waals surface area contributed by atoms with Crippen molar-refractivity contribution >= 4 is 5.78 Å². The molecule has 0 unspecified atom stereocenters. The van der Waals surface area contributed by atoms with Crippen molar-refractivity contribution in [2.24, 2.45) is 0 Å². The molecule has 1 aliphatic heterocycles. The van der Waals surface area contributed by atoms with Crippen molar-refractivity contribution in [3.05, 3.63) is 29.3 Å². The van der Waals surface area contributed by atoms with Crippen LogP contribution in [0, 0.1) is 0 Å². The zero-order chi connectivity index (χ0) is 13.5. The molecule has 18 heavy (non-hydrogen) atoms. The summed E-state index contributed by atoms with van der Waals surface area (Å²) >= 11 is 0. The van der Waals surface area contributed by atoms with Crippen LogP contribution in [0.2, 0.25) is 0 Å². The standard InChI is InChI=1S/C14H19NO3/c1-8(16)9-5-6-11-10(7-9)12(15-4)13(17)14(2,3)18-11/h5-7,12-13,15,17H,1-4H3/t12-,13+/m1/s1. The molecule has 0 aromatic heterocycles. The van der Waals surface area contributed by atoms with Crippen LogP contribution >= 0.6 is 0 Å². The van der Waals surface area contributed by atoms with Crippen molar-refractivity contribution in [2.75, 3.05) is 7.05 Å². The second-order valence-electron chi connectivity index (χ2n) is 5.23. The van der Waals surface area contributed by atoms with Gasteiger partial charge in [-0.3, -0.25) is 4.79 Å². The van der Waals surface area contributed by atoms with Crippen LogP contribution in [0.5, 0.6) is 5.75 Å². The number of carbonyl (C=O) groups is 1. The summed E-state index contributed by atoms with van der Waals surface area (Å²) in [4.78, 5) is 11.4. The maximum absolute atomic E-state index is 11.4. The monoisotopic (exact) mass is 249 g/mol. The number of ether oxygens (including phenoxy) is 1. The number of aliphatic hydroxyl groups excluding tert-OH is 1. The third-order valence-electron chi connectivity index (χ3n) is 3.46. The SMILES string of the molecule is CN[C@@H]1c2cc(C(C)=O)ccc2OC(C)(C)[C@H]1O. The Hall–Kier alpha value is -1.39. The molecule has 1 aromatic carbocycles. The predicted octanol–water partition coefficient (Wildman–Crippen LogP) is 1.68. The summed E-state index contributed by atoms with van der Waals surface area (Å²) in [7, 11) is 1.79. The number of fused-ring (bicyclic) bond motifs is 1. The van der Waals surface area contributed by atoms with Crippen molar-refractivity contribution < 1.29 is 14.6 Å². The van der Waals surface area contributed by atoms with E-state index in [1.807, 2.05) is 13.8 Å². The lowest BCUT2D eigenvalue weighted by Crippen LogP contribution is -2.52. The molecule has 98 valence electrons. The van der Waals surface area contributed by atoms with Gasteiger partial charge in [-0.25, -0.2) is 0 Å². The summed E-state index contributed by atoms with van der Waals surface area (Å²) in [5, 5.41) is 13.4. The summed E-state index contributed by atoms with van der Waals surface area (Å²) in [6, 6.07) is 5.10. The number of likely N-dealkylation sites (N-methyl/N-ethyl adjacent to an activating group) is 1. The zero-order valence-corrected chi connectivity index (χ0v) is 11.2. The maximum atomic E-state index is 11.4. The molecule has 1 aromatic rings. The lowest BCUT2D eigenvalue weighted by atomic mass is 9.86. The van der Waals surface area contributed by atoms with Crippen LogP contribution in [-0.2, 0) is 0 Å². The molecular formula is C14H19NO3. The molecule has 4 heteroatoms. The molecule has 2 rings (SSSR count). The molecule has 0 bridgehead atoms. The molecule has 1 aliphatic rings. The highest BCUT2D eigenvalue weighted by Crippen LogP contribution is 2.39. The average molecular weight is 249 g/mol. The van der Waals surface area contributed by atoms with Crippen molar-refractivity contribution in [3.8, 4) is 5.75 Å². The number of hydrogen-bond donors (Lipinski definition) is 2. The quantitative estimate of drug-likeness (QED) is 0.783. The van der Waals surface area contributed by atoms with E-state index in [4.69, 9.17) is 4.74 Å². The van der Waals surface area contributed by atoms with Crippen molar-refractivity contribution in [1.82, 2.24) is 5.32 Å². The number of aliphatic hydroxyl groups is 1. The summed E-state index contributed by atoms with van der Waals surface area (Å²) in [5.41, 5.74) is 0.805. The van der Waals surface area contributed by atoms with Crippen molar-refractivity contribution in [3.63, 3.8) is 0 Å². The van der Waals surface area contributed by atoms with Crippen LogP contribution in [0.15, 0.2) is 18.2 Å². The van der Waals surface area contributed by atoms with Gasteiger partial charge in [0.1, 0.15) is 17.5 Å². The molecule has 0 fully saturated rings. The number of Topliss-reactive ketones (excluding diaryl/α,β-unsaturated/α-hetero) is 1. The summed E-state index contributed by atoms with van der Waals surface area (Å²) in [6.07, 6.45) is -0.669. The summed E-state index contributed by atoms with van der Waals surface area (Å²) in [6.45, 7) is 5.23. The zero-order valence-electron chi connectivity index (χ0n) is 11.2. The van der Waals surface area contributed by atoms with Gasteiger partial charge in [-0.15, -0.1) is 0 Å². The number of benzene rings is 1. The van der Waals surface area contributed by atoms with E-state index in [0.717, 1.165) is 11.3 Å². The number of hydrogen-bond acceptors (Lipinski definition) is 4. The lowest BCUT2D eigenvalue weighted by Gasteiger charge is -2.42. The molecule has 1 heterocycles. The van der Waals surface area contributed by atoms with Gasteiger partial charge in [0, 0.05) is 11.1 Å². The first-order valence-electron chi connectivity index (χ1n) is 6.06. The first-order chi connectivity index (χ1) is 8.36. The fraction of sp³-hybridized carbons (Fsp3) is 0.500. The van der Waals surface area contributed by atoms with Crippen LogP contribution in [0.4, 0.5) is 0 Å². The third-order valence-corrected chi connectivity index (χ3v) is 3.46. The number of ketones is 1. The maximum Gasteiger partial charge on any atom is 0.159 e. The Bertz CT molecular complexity index is 482. The van der Waals surface area contributed by atoms with E-state index in [0.29, 0.717) is 5.56 Å². The Morgan fingerprint density at radius 3 is 2.67 bits per heavy atom. The molecule has 0 aliphatic carbocycles. The molecule has 2 atom stereocenters. The van der Waals surface area contributed by atoms with Crippen LogP contribution in [0.25, 0.3) is 0 Å². The first kappa shape index (κ1) is 13.1. The summed E-state index contributed by atoms with van der Waals surface area (Å²) in [5.74, 6) is 0.724. The van der Waals surface area contributed by atoms with Crippen molar-refractivity contribution in [2.45, 2.75) is 38.5 Å². The fourth-order valence-corrected chi connectivity index (χ4v) is 2.33. The fourth-order valence-electron chi connectivity index (χ4n) is 2.33. The minimum Gasteiger partial charge on any atom is -0.485 e. The molecular weight excluding hydrogens is 230 g/mol. The first-order valence-corrected chi connectivity index (χ1v) is 6.06.